The molecule has 6 nitrogen and oxygen atoms in total. The van der Waals surface area contributed by atoms with Crippen molar-refractivity contribution in [1.29, 1.82) is 0 Å². The van der Waals surface area contributed by atoms with Crippen molar-refractivity contribution in [3.8, 4) is 11.1 Å². The van der Waals surface area contributed by atoms with Crippen molar-refractivity contribution in [2.75, 3.05) is 31.1 Å². The number of likely N-dealkylation sites (tertiary alicyclic amines) is 1. The van der Waals surface area contributed by atoms with Crippen molar-refractivity contribution < 1.29 is 18.7 Å². The minimum absolute atomic E-state index is 0. The van der Waals surface area contributed by atoms with E-state index in [0.29, 0.717) is 44.0 Å². The summed E-state index contributed by atoms with van der Waals surface area (Å²) in [6.45, 7) is 5.96. The second-order valence-electron chi connectivity index (χ2n) is 10.1. The Balaban J connectivity index is 0.00000320. The van der Waals surface area contributed by atoms with E-state index in [1.807, 2.05) is 54.0 Å². The Bertz CT molecular complexity index is 1250. The SMILES string of the molecule is C[C@@H]1CN(C(=O)[C@H]2CCN(c3nnccc3-c3ccc(F)cc3F)C2)C[C@H](C)C1(O)c1ccccc1.Cl. The van der Waals surface area contributed by atoms with E-state index in [1.165, 1.54) is 18.3 Å². The fraction of sp³-hybridized carbons (Fsp3) is 0.393. The molecule has 9 heteroatoms. The highest BCUT2D eigenvalue weighted by atomic mass is 35.5. The summed E-state index contributed by atoms with van der Waals surface area (Å²) in [6, 6.07) is 14.8. The second kappa shape index (κ2) is 10.7. The average molecular weight is 529 g/mol. The predicted octanol–water partition coefficient (Wildman–Crippen LogP) is 4.67. The number of rotatable bonds is 4. The van der Waals surface area contributed by atoms with Gasteiger partial charge in [-0.15, -0.1) is 17.5 Å². The lowest BCUT2D eigenvalue weighted by Gasteiger charge is -2.48. The molecule has 0 saturated carbocycles. The molecule has 2 fully saturated rings. The topological polar surface area (TPSA) is 69.6 Å². The highest BCUT2D eigenvalue weighted by molar-refractivity contribution is 5.85. The number of hydrogen-bond acceptors (Lipinski definition) is 5. The van der Waals surface area contributed by atoms with Crippen LogP contribution in [-0.4, -0.2) is 52.3 Å². The molecule has 1 amide bonds. The number of aliphatic hydroxyl groups is 1. The van der Waals surface area contributed by atoms with Gasteiger partial charge in [0.1, 0.15) is 11.6 Å². The van der Waals surface area contributed by atoms with E-state index in [4.69, 9.17) is 0 Å². The molecule has 2 saturated heterocycles. The Labute approximate surface area is 221 Å². The Morgan fingerprint density at radius 2 is 1.70 bits per heavy atom. The molecule has 196 valence electrons. The summed E-state index contributed by atoms with van der Waals surface area (Å²) in [5.74, 6) is -1.26. The first-order valence-electron chi connectivity index (χ1n) is 12.4. The Morgan fingerprint density at radius 1 is 1.00 bits per heavy atom. The lowest BCUT2D eigenvalue weighted by Crippen LogP contribution is -2.56. The third kappa shape index (κ3) is 4.92. The van der Waals surface area contributed by atoms with Gasteiger partial charge in [0.15, 0.2) is 5.82 Å². The van der Waals surface area contributed by atoms with Crippen LogP contribution in [-0.2, 0) is 10.4 Å². The average Bonchev–Trinajstić information content (AvgIpc) is 3.37. The zero-order chi connectivity index (χ0) is 25.4. The smallest absolute Gasteiger partial charge is 0.227 e. The number of nitrogens with zero attached hydrogens (tertiary/aromatic N) is 4. The minimum Gasteiger partial charge on any atom is -0.384 e. The van der Waals surface area contributed by atoms with Crippen LogP contribution in [0.25, 0.3) is 11.1 Å². The Hall–Kier alpha value is -3.10. The highest BCUT2D eigenvalue weighted by Gasteiger charge is 2.47. The van der Waals surface area contributed by atoms with Crippen LogP contribution in [0.4, 0.5) is 14.6 Å². The highest BCUT2D eigenvalue weighted by Crippen LogP contribution is 2.42. The molecule has 0 spiro atoms. The Morgan fingerprint density at radius 3 is 2.38 bits per heavy atom. The zero-order valence-electron chi connectivity index (χ0n) is 20.8. The number of benzene rings is 2. The van der Waals surface area contributed by atoms with Crippen LogP contribution >= 0.6 is 12.4 Å². The number of carbonyl (C=O) groups is 1. The quantitative estimate of drug-likeness (QED) is 0.533. The van der Waals surface area contributed by atoms with Crippen molar-refractivity contribution in [3.05, 3.63) is 78.0 Å². The van der Waals surface area contributed by atoms with E-state index >= 15 is 0 Å². The first-order chi connectivity index (χ1) is 17.3. The van der Waals surface area contributed by atoms with E-state index in [2.05, 4.69) is 10.2 Å². The van der Waals surface area contributed by atoms with Crippen molar-refractivity contribution in [3.63, 3.8) is 0 Å². The standard InChI is InChI=1S/C28H30F2N4O2.ClH/c1-18-15-34(16-19(2)28(18,36)21-6-4-3-5-7-21)27(35)20-11-13-33(17-20)26-24(10-12-31-32-26)23-9-8-22(29)14-25(23)30;/h3-10,12,14,18-20,36H,11,13,15-17H2,1-2H3;1H/t18-,19+,20-,28?;/m0./s1. The van der Waals surface area contributed by atoms with Gasteiger partial charge < -0.3 is 14.9 Å². The van der Waals surface area contributed by atoms with Crippen LogP contribution < -0.4 is 4.90 Å². The van der Waals surface area contributed by atoms with Crippen LogP contribution in [0.2, 0.25) is 0 Å². The maximum atomic E-state index is 14.5. The van der Waals surface area contributed by atoms with Gasteiger partial charge in [-0.2, -0.15) is 5.10 Å². The summed E-state index contributed by atoms with van der Waals surface area (Å²) in [4.78, 5) is 17.4. The van der Waals surface area contributed by atoms with Gasteiger partial charge in [0, 0.05) is 55.2 Å². The molecule has 0 bridgehead atoms. The molecular formula is C28H31ClF2N4O2. The van der Waals surface area contributed by atoms with E-state index < -0.39 is 17.2 Å². The van der Waals surface area contributed by atoms with Crippen LogP contribution in [0.3, 0.4) is 0 Å². The first-order valence-corrected chi connectivity index (χ1v) is 12.4. The molecule has 2 aliphatic heterocycles. The Kier molecular flexibility index (Phi) is 7.80. The summed E-state index contributed by atoms with van der Waals surface area (Å²) >= 11 is 0. The minimum atomic E-state index is -0.993. The first kappa shape index (κ1) is 26.9. The summed E-state index contributed by atoms with van der Waals surface area (Å²) < 4.78 is 28.0. The van der Waals surface area contributed by atoms with E-state index in [1.54, 1.807) is 6.07 Å². The van der Waals surface area contributed by atoms with Gasteiger partial charge in [-0.3, -0.25) is 4.79 Å². The molecule has 0 radical (unpaired) electrons. The number of aromatic nitrogens is 2. The second-order valence-corrected chi connectivity index (χ2v) is 10.1. The summed E-state index contributed by atoms with van der Waals surface area (Å²) in [5.41, 5.74) is 0.652. The van der Waals surface area contributed by atoms with E-state index in [0.717, 1.165) is 11.6 Å². The maximum Gasteiger partial charge on any atom is 0.227 e. The molecule has 5 rings (SSSR count). The lowest BCUT2D eigenvalue weighted by atomic mass is 9.70. The number of halogens is 3. The normalized spacial score (nSPS) is 25.6. The molecule has 37 heavy (non-hydrogen) atoms. The summed E-state index contributed by atoms with van der Waals surface area (Å²) in [5, 5.41) is 19.8. The van der Waals surface area contributed by atoms with Crippen LogP contribution in [0.15, 0.2) is 60.8 Å². The van der Waals surface area contributed by atoms with Crippen LogP contribution in [0.5, 0.6) is 0 Å². The summed E-state index contributed by atoms with van der Waals surface area (Å²) in [7, 11) is 0. The molecule has 1 N–H and O–H groups in total. The number of carbonyl (C=O) groups excluding carboxylic acids is 1. The monoisotopic (exact) mass is 528 g/mol. The van der Waals surface area contributed by atoms with Crippen LogP contribution in [0, 0.1) is 29.4 Å². The van der Waals surface area contributed by atoms with E-state index in [9.17, 15) is 18.7 Å². The fourth-order valence-corrected chi connectivity index (χ4v) is 5.84. The number of piperidine rings is 1. The number of hydrogen-bond donors (Lipinski definition) is 1. The molecular weight excluding hydrogens is 498 g/mol. The molecule has 1 unspecified atom stereocenters. The fourth-order valence-electron chi connectivity index (χ4n) is 5.84. The van der Waals surface area contributed by atoms with Crippen molar-refractivity contribution in [2.24, 2.45) is 17.8 Å². The van der Waals surface area contributed by atoms with Crippen LogP contribution in [0.1, 0.15) is 25.8 Å². The van der Waals surface area contributed by atoms with Crippen molar-refractivity contribution in [1.82, 2.24) is 15.1 Å². The molecule has 2 aromatic carbocycles. The van der Waals surface area contributed by atoms with Gasteiger partial charge in [-0.05, 0) is 30.2 Å². The number of amides is 1. The van der Waals surface area contributed by atoms with Crippen molar-refractivity contribution >= 4 is 24.1 Å². The van der Waals surface area contributed by atoms with Gasteiger partial charge in [-0.1, -0.05) is 44.2 Å². The summed E-state index contributed by atoms with van der Waals surface area (Å²) in [6.07, 6.45) is 2.12. The molecule has 3 aromatic rings. The largest absolute Gasteiger partial charge is 0.384 e. The molecule has 3 heterocycles. The molecule has 4 atom stereocenters. The van der Waals surface area contributed by atoms with Gasteiger partial charge in [0.05, 0.1) is 17.7 Å². The molecule has 1 aromatic heterocycles. The molecule has 2 aliphatic rings. The molecule has 0 aliphatic carbocycles. The van der Waals surface area contributed by atoms with Gasteiger partial charge in [0.25, 0.3) is 0 Å². The van der Waals surface area contributed by atoms with Gasteiger partial charge in [0.2, 0.25) is 5.91 Å². The third-order valence-electron chi connectivity index (χ3n) is 7.80. The predicted molar refractivity (Wildman–Crippen MR) is 140 cm³/mol. The third-order valence-corrected chi connectivity index (χ3v) is 7.80. The number of anilines is 1. The van der Waals surface area contributed by atoms with Gasteiger partial charge in [-0.25, -0.2) is 8.78 Å². The zero-order valence-corrected chi connectivity index (χ0v) is 21.7. The maximum absolute atomic E-state index is 14.5. The van der Waals surface area contributed by atoms with Gasteiger partial charge >= 0.3 is 0 Å². The van der Waals surface area contributed by atoms with E-state index in [-0.39, 0.29) is 41.6 Å². The lowest BCUT2D eigenvalue weighted by molar-refractivity contribution is -0.152. The van der Waals surface area contributed by atoms with Crippen molar-refractivity contribution in [2.45, 2.75) is 25.9 Å².